The van der Waals surface area contributed by atoms with Gasteiger partial charge in [0.15, 0.2) is 0 Å². The van der Waals surface area contributed by atoms with Crippen LogP contribution in [0.4, 0.5) is 4.39 Å². The van der Waals surface area contributed by atoms with Crippen molar-refractivity contribution in [3.8, 4) is 0 Å². The van der Waals surface area contributed by atoms with E-state index in [0.29, 0.717) is 13.1 Å². The fourth-order valence-electron chi connectivity index (χ4n) is 1.10. The molecular weight excluding hydrogens is 171 g/mol. The fourth-order valence-corrected chi connectivity index (χ4v) is 1.10. The van der Waals surface area contributed by atoms with Crippen molar-refractivity contribution in [3.63, 3.8) is 0 Å². The van der Waals surface area contributed by atoms with Crippen LogP contribution >= 0.6 is 0 Å². The summed E-state index contributed by atoms with van der Waals surface area (Å²) in [5, 5.41) is 7.69. The van der Waals surface area contributed by atoms with Gasteiger partial charge in [0.05, 0.1) is 12.2 Å². The molecule has 0 aliphatic rings. The lowest BCUT2D eigenvalue weighted by Gasteiger charge is -1.93. The first-order valence-electron chi connectivity index (χ1n) is 4.52. The van der Waals surface area contributed by atoms with Crippen molar-refractivity contribution in [2.24, 2.45) is 5.73 Å². The van der Waals surface area contributed by atoms with Crippen LogP contribution in [0.15, 0.2) is 6.20 Å². The van der Waals surface area contributed by atoms with Crippen LogP contribution in [-0.2, 0) is 13.0 Å². The molecule has 2 N–H and O–H groups in total. The maximum atomic E-state index is 11.9. The molecule has 0 aliphatic heterocycles. The van der Waals surface area contributed by atoms with Crippen molar-refractivity contribution < 1.29 is 4.39 Å². The summed E-state index contributed by atoms with van der Waals surface area (Å²) in [4.78, 5) is 0. The normalized spacial score (nSPS) is 10.6. The molecule has 1 rings (SSSR count). The van der Waals surface area contributed by atoms with Crippen molar-refractivity contribution in [3.05, 3.63) is 11.9 Å². The largest absolute Gasteiger partial charge is 0.330 e. The van der Waals surface area contributed by atoms with E-state index in [0.717, 1.165) is 25.0 Å². The molecule has 0 amide bonds. The molecule has 0 spiro atoms. The second-order valence-corrected chi connectivity index (χ2v) is 2.91. The Morgan fingerprint density at radius 1 is 1.46 bits per heavy atom. The van der Waals surface area contributed by atoms with E-state index in [9.17, 15) is 4.39 Å². The number of nitrogens with two attached hydrogens (primary N) is 1. The second-order valence-electron chi connectivity index (χ2n) is 2.91. The predicted molar refractivity (Wildman–Crippen MR) is 48.0 cm³/mol. The number of halogens is 1. The number of alkyl halides is 1. The van der Waals surface area contributed by atoms with E-state index in [2.05, 4.69) is 10.3 Å². The van der Waals surface area contributed by atoms with Gasteiger partial charge in [-0.05, 0) is 25.8 Å². The minimum Gasteiger partial charge on any atom is -0.330 e. The Labute approximate surface area is 76.9 Å². The smallest absolute Gasteiger partial charge is 0.109 e. The minimum absolute atomic E-state index is 0.296. The van der Waals surface area contributed by atoms with Gasteiger partial charge >= 0.3 is 0 Å². The third kappa shape index (κ3) is 3.50. The number of rotatable bonds is 6. The van der Waals surface area contributed by atoms with Gasteiger partial charge in [-0.15, -0.1) is 5.10 Å². The van der Waals surface area contributed by atoms with Crippen molar-refractivity contribution in [2.75, 3.05) is 13.2 Å². The predicted octanol–water partition coefficient (Wildman–Crippen LogP) is 0.529. The number of hydrogen-bond donors (Lipinski definition) is 1. The highest BCUT2D eigenvalue weighted by molar-refractivity contribution is 4.92. The Morgan fingerprint density at radius 2 is 2.31 bits per heavy atom. The van der Waals surface area contributed by atoms with E-state index in [1.807, 2.05) is 0 Å². The zero-order valence-corrected chi connectivity index (χ0v) is 7.62. The molecule has 0 atom stereocenters. The van der Waals surface area contributed by atoms with Gasteiger partial charge in [0.2, 0.25) is 0 Å². The van der Waals surface area contributed by atoms with Gasteiger partial charge in [-0.25, -0.2) is 9.07 Å². The monoisotopic (exact) mass is 186 g/mol. The molecule has 0 radical (unpaired) electrons. The summed E-state index contributed by atoms with van der Waals surface area (Å²) in [6, 6.07) is 0. The summed E-state index contributed by atoms with van der Waals surface area (Å²) >= 11 is 0. The first kappa shape index (κ1) is 10.1. The molecule has 0 aliphatic carbocycles. The summed E-state index contributed by atoms with van der Waals surface area (Å²) in [5.41, 5.74) is 6.27. The molecule has 1 heterocycles. The Hall–Kier alpha value is -0.970. The number of nitrogens with zero attached hydrogens (tertiary/aromatic N) is 3. The first-order valence-corrected chi connectivity index (χ1v) is 4.52. The average molecular weight is 186 g/mol. The maximum absolute atomic E-state index is 11.9. The highest BCUT2D eigenvalue weighted by atomic mass is 19.1. The Bertz CT molecular complexity index is 236. The molecule has 0 saturated heterocycles. The van der Waals surface area contributed by atoms with Crippen LogP contribution in [0.3, 0.4) is 0 Å². The zero-order valence-electron chi connectivity index (χ0n) is 7.62. The molecular formula is C8H15FN4. The van der Waals surface area contributed by atoms with Gasteiger partial charge in [0, 0.05) is 6.20 Å². The van der Waals surface area contributed by atoms with Gasteiger partial charge in [0.25, 0.3) is 0 Å². The van der Waals surface area contributed by atoms with Crippen LogP contribution in [0, 0.1) is 0 Å². The Morgan fingerprint density at radius 3 is 3.00 bits per heavy atom. The van der Waals surface area contributed by atoms with E-state index < -0.39 is 6.67 Å². The van der Waals surface area contributed by atoms with Crippen LogP contribution in [0.25, 0.3) is 0 Å². The lowest BCUT2D eigenvalue weighted by molar-refractivity contribution is 0.422. The summed E-state index contributed by atoms with van der Waals surface area (Å²) < 4.78 is 13.4. The van der Waals surface area contributed by atoms with Gasteiger partial charge in [-0.2, -0.15) is 0 Å². The van der Waals surface area contributed by atoms with Gasteiger partial charge in [-0.3, -0.25) is 0 Å². The highest BCUT2D eigenvalue weighted by Crippen LogP contribution is 1.99. The van der Waals surface area contributed by atoms with Crippen molar-refractivity contribution in [1.82, 2.24) is 15.0 Å². The van der Waals surface area contributed by atoms with E-state index in [1.165, 1.54) is 4.68 Å². The van der Waals surface area contributed by atoms with E-state index in [1.54, 1.807) is 6.20 Å². The van der Waals surface area contributed by atoms with Gasteiger partial charge in [0.1, 0.15) is 6.67 Å². The van der Waals surface area contributed by atoms with E-state index >= 15 is 0 Å². The van der Waals surface area contributed by atoms with E-state index in [4.69, 9.17) is 5.73 Å². The number of aryl methyl sites for hydroxylation is 2. The summed E-state index contributed by atoms with van der Waals surface area (Å²) in [6.45, 7) is 0.605. The van der Waals surface area contributed by atoms with Crippen LogP contribution in [0.2, 0.25) is 0 Å². The first-order chi connectivity index (χ1) is 6.36. The topological polar surface area (TPSA) is 56.7 Å². The summed E-state index contributed by atoms with van der Waals surface area (Å²) in [7, 11) is 0. The van der Waals surface area contributed by atoms with Crippen LogP contribution in [0.5, 0.6) is 0 Å². The average Bonchev–Trinajstić information content (AvgIpc) is 2.54. The van der Waals surface area contributed by atoms with Gasteiger partial charge < -0.3 is 5.73 Å². The van der Waals surface area contributed by atoms with Crippen molar-refractivity contribution in [1.29, 1.82) is 0 Å². The van der Waals surface area contributed by atoms with Gasteiger partial charge in [-0.1, -0.05) is 5.21 Å². The lowest BCUT2D eigenvalue weighted by atomic mass is 10.2. The number of hydrogen-bond acceptors (Lipinski definition) is 3. The lowest BCUT2D eigenvalue weighted by Crippen LogP contribution is -1.99. The molecule has 5 heteroatoms. The minimum atomic E-state index is -0.397. The van der Waals surface area contributed by atoms with Crippen molar-refractivity contribution in [2.45, 2.75) is 25.8 Å². The van der Waals surface area contributed by atoms with Crippen LogP contribution in [-0.4, -0.2) is 28.2 Å². The molecule has 1 aromatic rings. The highest BCUT2D eigenvalue weighted by Gasteiger charge is 1.99. The SMILES string of the molecule is NCCCCc1cn(CCF)nn1. The zero-order chi connectivity index (χ0) is 9.52. The summed E-state index contributed by atoms with van der Waals surface area (Å²) in [5.74, 6) is 0. The molecule has 0 saturated carbocycles. The van der Waals surface area contributed by atoms with Crippen LogP contribution in [0.1, 0.15) is 18.5 Å². The molecule has 0 bridgehead atoms. The maximum Gasteiger partial charge on any atom is 0.109 e. The molecule has 74 valence electrons. The quantitative estimate of drug-likeness (QED) is 0.659. The van der Waals surface area contributed by atoms with Crippen molar-refractivity contribution >= 4 is 0 Å². The van der Waals surface area contributed by atoms with E-state index in [-0.39, 0.29) is 0 Å². The molecule has 4 nitrogen and oxygen atoms in total. The Kier molecular flexibility index (Phi) is 4.39. The molecule has 0 fully saturated rings. The molecule has 0 aromatic carbocycles. The molecule has 13 heavy (non-hydrogen) atoms. The Balaban J connectivity index is 2.31. The third-order valence-corrected chi connectivity index (χ3v) is 1.79. The second kappa shape index (κ2) is 5.64. The summed E-state index contributed by atoms with van der Waals surface area (Å²) in [6.07, 6.45) is 4.68. The molecule has 0 unspecified atom stereocenters. The third-order valence-electron chi connectivity index (χ3n) is 1.79. The number of aromatic nitrogens is 3. The fraction of sp³-hybridized carbons (Fsp3) is 0.750. The number of unbranched alkanes of at least 4 members (excludes halogenated alkanes) is 1. The molecule has 1 aromatic heterocycles. The standard InChI is InChI=1S/C8H15FN4/c9-4-6-13-7-8(11-12-13)3-1-2-5-10/h7H,1-6,10H2. The van der Waals surface area contributed by atoms with Crippen LogP contribution < -0.4 is 5.73 Å².